The highest BCUT2D eigenvalue weighted by molar-refractivity contribution is 5.92. The molecular weight excluding hydrogens is 498 g/mol. The zero-order valence-electron chi connectivity index (χ0n) is 22.9. The number of carbonyl (C=O) groups is 4. The third-order valence-electron chi connectivity index (χ3n) is 9.98. The largest absolute Gasteiger partial charge is 0.371 e. The predicted molar refractivity (Wildman–Crippen MR) is 142 cm³/mol. The van der Waals surface area contributed by atoms with Crippen LogP contribution in [-0.4, -0.2) is 91.9 Å². The van der Waals surface area contributed by atoms with Crippen molar-refractivity contribution in [1.82, 2.24) is 25.8 Å². The number of nitrogens with one attached hydrogen (secondary N) is 3. The monoisotopic (exact) mass is 537 g/mol. The van der Waals surface area contributed by atoms with Gasteiger partial charge in [-0.1, -0.05) is 44.2 Å². The first-order valence-corrected chi connectivity index (χ1v) is 14.1. The van der Waals surface area contributed by atoms with Crippen LogP contribution < -0.4 is 16.0 Å². The number of amides is 4. The van der Waals surface area contributed by atoms with Crippen molar-refractivity contribution in [2.24, 2.45) is 34.5 Å². The van der Waals surface area contributed by atoms with Gasteiger partial charge in [-0.3, -0.25) is 19.2 Å². The molecule has 1 aromatic rings. The average Bonchev–Trinajstić information content (AvgIpc) is 3.31. The summed E-state index contributed by atoms with van der Waals surface area (Å²) in [6.45, 7) is 7.48. The molecular formula is C29H39N5O5. The van der Waals surface area contributed by atoms with Crippen LogP contribution in [0.5, 0.6) is 0 Å². The maximum absolute atomic E-state index is 14.0. The van der Waals surface area contributed by atoms with Gasteiger partial charge in [-0.25, -0.2) is 0 Å². The number of likely N-dealkylation sites (tertiary alicyclic amines) is 1. The Morgan fingerprint density at radius 2 is 1.87 bits per heavy atom. The smallest absolute Gasteiger partial charge is 0.245 e. The van der Waals surface area contributed by atoms with E-state index in [1.807, 2.05) is 54.0 Å². The molecule has 0 aromatic heterocycles. The van der Waals surface area contributed by atoms with Gasteiger partial charge < -0.3 is 30.5 Å². The molecule has 5 saturated heterocycles. The van der Waals surface area contributed by atoms with Crippen LogP contribution in [0.2, 0.25) is 0 Å². The molecule has 5 aliphatic heterocycles. The van der Waals surface area contributed by atoms with Gasteiger partial charge in [0.1, 0.15) is 6.04 Å². The molecule has 2 bridgehead atoms. The number of nitrogens with zero attached hydrogens (tertiary/aromatic N) is 2. The first-order chi connectivity index (χ1) is 18.7. The van der Waals surface area contributed by atoms with Gasteiger partial charge in [0.25, 0.3) is 0 Å². The number of rotatable bonds is 5. The SMILES string of the molecule is CNC(=O)[C@H]1NC(=O)[C@@H]2CN(C(=O)C3CCNC3)CC23CN(C3)C(=O)[C@H]2C([C@H]1OCc1ccccc1)C2(C)C. The van der Waals surface area contributed by atoms with Crippen LogP contribution in [0.3, 0.4) is 0 Å². The lowest BCUT2D eigenvalue weighted by Crippen LogP contribution is -2.65. The summed E-state index contributed by atoms with van der Waals surface area (Å²) in [7, 11) is 1.55. The highest BCUT2D eigenvalue weighted by Gasteiger charge is 2.70. The van der Waals surface area contributed by atoms with E-state index in [4.69, 9.17) is 4.74 Å². The highest BCUT2D eigenvalue weighted by atomic mass is 16.5. The summed E-state index contributed by atoms with van der Waals surface area (Å²) in [5.74, 6) is -1.58. The summed E-state index contributed by atoms with van der Waals surface area (Å²) < 4.78 is 6.43. The molecule has 1 aliphatic carbocycles. The van der Waals surface area contributed by atoms with Gasteiger partial charge in [0, 0.05) is 57.0 Å². The fraction of sp³-hybridized carbons (Fsp3) is 0.655. The Morgan fingerprint density at radius 1 is 1.13 bits per heavy atom. The molecule has 5 heterocycles. The summed E-state index contributed by atoms with van der Waals surface area (Å²) in [6, 6.07) is 8.73. The lowest BCUT2D eigenvalue weighted by atomic mass is 9.71. The summed E-state index contributed by atoms with van der Waals surface area (Å²) in [6.07, 6.45) is 0.107. The Labute approximate surface area is 229 Å². The Hall–Kier alpha value is -2.98. The number of hydrogen-bond donors (Lipinski definition) is 3. The lowest BCUT2D eigenvalue weighted by molar-refractivity contribution is -0.152. The van der Waals surface area contributed by atoms with E-state index in [1.165, 1.54) is 0 Å². The number of benzene rings is 1. The molecule has 0 radical (unpaired) electrons. The van der Waals surface area contributed by atoms with E-state index in [0.29, 0.717) is 32.7 Å². The molecule has 210 valence electrons. The molecule has 1 saturated carbocycles. The number of fused-ring (bicyclic) bond motifs is 3. The minimum atomic E-state index is -0.959. The Bertz CT molecular complexity index is 1160. The highest BCUT2D eigenvalue weighted by Crippen LogP contribution is 2.63. The number of ether oxygens (including phenoxy) is 1. The molecule has 4 amide bonds. The summed E-state index contributed by atoms with van der Waals surface area (Å²) in [5.41, 5.74) is 0.0733. The topological polar surface area (TPSA) is 120 Å². The van der Waals surface area contributed by atoms with Crippen molar-refractivity contribution in [2.75, 3.05) is 46.3 Å². The Morgan fingerprint density at radius 3 is 2.54 bits per heavy atom. The maximum atomic E-state index is 14.0. The first-order valence-electron chi connectivity index (χ1n) is 14.1. The van der Waals surface area contributed by atoms with Gasteiger partial charge in [0.05, 0.1) is 24.5 Å². The molecule has 10 heteroatoms. The quantitative estimate of drug-likeness (QED) is 0.486. The standard InChI is InChI=1S/C29H39N5O5/c1-28(2)20-21(28)27(38)34-15-29(16-34)14-33(26(37)18-9-10-31-11-18)12-19(29)24(35)32-22(25(36)30-3)23(20)39-13-17-7-5-4-6-8-17/h4-8,18-23,31H,9-16H2,1-3H3,(H,30,36)(H,32,35)/t18?,19-,20?,21+,22-,23+/m0/s1. The second-order valence-corrected chi connectivity index (χ2v) is 12.7. The van der Waals surface area contributed by atoms with Crippen molar-refractivity contribution in [3.63, 3.8) is 0 Å². The Kier molecular flexibility index (Phi) is 6.45. The normalized spacial score (nSPS) is 34.2. The summed E-state index contributed by atoms with van der Waals surface area (Å²) >= 11 is 0. The number of hydrogen-bond acceptors (Lipinski definition) is 6. The van der Waals surface area contributed by atoms with Crippen molar-refractivity contribution in [1.29, 1.82) is 0 Å². The van der Waals surface area contributed by atoms with Crippen molar-refractivity contribution in [3.8, 4) is 0 Å². The van der Waals surface area contributed by atoms with E-state index in [0.717, 1.165) is 18.5 Å². The molecule has 6 fully saturated rings. The minimum absolute atomic E-state index is 0.0532. The average molecular weight is 538 g/mol. The molecule has 10 nitrogen and oxygen atoms in total. The van der Waals surface area contributed by atoms with Crippen molar-refractivity contribution < 1.29 is 23.9 Å². The third-order valence-corrected chi connectivity index (χ3v) is 9.98. The van der Waals surface area contributed by atoms with E-state index in [2.05, 4.69) is 16.0 Å². The van der Waals surface area contributed by atoms with Crippen LogP contribution in [-0.2, 0) is 30.5 Å². The van der Waals surface area contributed by atoms with E-state index in [-0.39, 0.29) is 53.4 Å². The molecule has 6 aliphatic rings. The molecule has 1 spiro atoms. The van der Waals surface area contributed by atoms with Crippen LogP contribution in [0.4, 0.5) is 0 Å². The lowest BCUT2D eigenvalue weighted by Gasteiger charge is -2.50. The minimum Gasteiger partial charge on any atom is -0.371 e. The molecule has 3 N–H and O–H groups in total. The zero-order chi connectivity index (χ0) is 27.5. The van der Waals surface area contributed by atoms with E-state index in [9.17, 15) is 19.2 Å². The number of carbonyl (C=O) groups excluding carboxylic acids is 4. The molecule has 39 heavy (non-hydrogen) atoms. The predicted octanol–water partition coefficient (Wildman–Crippen LogP) is -0.0151. The maximum Gasteiger partial charge on any atom is 0.245 e. The first kappa shape index (κ1) is 26.3. The second kappa shape index (κ2) is 9.59. The van der Waals surface area contributed by atoms with Crippen molar-refractivity contribution >= 4 is 23.6 Å². The molecule has 1 aromatic carbocycles. The second-order valence-electron chi connectivity index (χ2n) is 12.7. The van der Waals surface area contributed by atoms with Crippen LogP contribution in [0.15, 0.2) is 30.3 Å². The Balaban J connectivity index is 1.32. The summed E-state index contributed by atoms with van der Waals surface area (Å²) in [4.78, 5) is 58.0. The molecule has 2 unspecified atom stereocenters. The summed E-state index contributed by atoms with van der Waals surface area (Å²) in [5, 5.41) is 9.01. The van der Waals surface area contributed by atoms with E-state index in [1.54, 1.807) is 7.05 Å². The van der Waals surface area contributed by atoms with Gasteiger partial charge >= 0.3 is 0 Å². The fourth-order valence-corrected chi connectivity index (χ4v) is 7.65. The van der Waals surface area contributed by atoms with Crippen LogP contribution in [0.1, 0.15) is 25.8 Å². The van der Waals surface area contributed by atoms with Crippen LogP contribution in [0, 0.1) is 34.5 Å². The van der Waals surface area contributed by atoms with Crippen LogP contribution >= 0.6 is 0 Å². The van der Waals surface area contributed by atoms with E-state index < -0.39 is 23.5 Å². The third kappa shape index (κ3) is 4.32. The van der Waals surface area contributed by atoms with Gasteiger partial charge in [0.2, 0.25) is 23.6 Å². The van der Waals surface area contributed by atoms with Crippen molar-refractivity contribution in [3.05, 3.63) is 35.9 Å². The van der Waals surface area contributed by atoms with Gasteiger partial charge in [-0.15, -0.1) is 0 Å². The molecule has 7 rings (SSSR count). The molecule has 6 atom stereocenters. The zero-order valence-corrected chi connectivity index (χ0v) is 22.9. The van der Waals surface area contributed by atoms with E-state index >= 15 is 0 Å². The van der Waals surface area contributed by atoms with Gasteiger partial charge in [-0.05, 0) is 23.9 Å². The number of likely N-dealkylation sites (N-methyl/N-ethyl adjacent to an activating group) is 1. The van der Waals surface area contributed by atoms with Crippen LogP contribution in [0.25, 0.3) is 0 Å². The van der Waals surface area contributed by atoms with Crippen molar-refractivity contribution in [2.45, 2.75) is 39.0 Å². The van der Waals surface area contributed by atoms with Gasteiger partial charge in [0.15, 0.2) is 0 Å². The van der Waals surface area contributed by atoms with Gasteiger partial charge in [-0.2, -0.15) is 0 Å². The fourth-order valence-electron chi connectivity index (χ4n) is 7.65.